The van der Waals surface area contributed by atoms with Gasteiger partial charge < -0.3 is 0 Å². The third-order valence-corrected chi connectivity index (χ3v) is 4.28. The molecule has 0 aliphatic heterocycles. The van der Waals surface area contributed by atoms with E-state index in [4.69, 9.17) is 16.7 Å². The molecule has 1 aliphatic carbocycles. The number of aromatic nitrogens is 2. The molecule has 0 saturated heterocycles. The molecule has 0 radical (unpaired) electrons. The van der Waals surface area contributed by atoms with Gasteiger partial charge in [0, 0.05) is 5.56 Å². The standard InChI is InChI=1S/C16H19ClN2/c1-12-7-9-13(10-8-12)11-19-16(17)14-5-3-2-4-6-15(14)18-19/h7-10H,2-6,11H2,1H3. The molecule has 0 saturated carbocycles. The molecule has 100 valence electrons. The molecule has 0 N–H and O–H groups in total. The molecule has 1 aromatic carbocycles. The molecule has 0 fully saturated rings. The fourth-order valence-corrected chi connectivity index (χ4v) is 3.02. The number of nitrogens with zero attached hydrogens (tertiary/aromatic N) is 2. The highest BCUT2D eigenvalue weighted by Gasteiger charge is 2.18. The Labute approximate surface area is 119 Å². The van der Waals surface area contributed by atoms with E-state index in [0.717, 1.165) is 24.5 Å². The van der Waals surface area contributed by atoms with Gasteiger partial charge in [0.25, 0.3) is 0 Å². The lowest BCUT2D eigenvalue weighted by Gasteiger charge is -2.05. The lowest BCUT2D eigenvalue weighted by atomic mass is 10.1. The molecule has 3 rings (SSSR count). The lowest BCUT2D eigenvalue weighted by Crippen LogP contribution is -2.03. The predicted molar refractivity (Wildman–Crippen MR) is 78.8 cm³/mol. The van der Waals surface area contributed by atoms with Gasteiger partial charge in [0.05, 0.1) is 12.2 Å². The Kier molecular flexibility index (Phi) is 3.61. The van der Waals surface area contributed by atoms with E-state index in [9.17, 15) is 0 Å². The number of benzene rings is 1. The Balaban J connectivity index is 1.87. The fraction of sp³-hybridized carbons (Fsp3) is 0.438. The van der Waals surface area contributed by atoms with Gasteiger partial charge in [0.15, 0.2) is 0 Å². The van der Waals surface area contributed by atoms with Gasteiger partial charge in [0.1, 0.15) is 5.15 Å². The van der Waals surface area contributed by atoms with Gasteiger partial charge in [-0.1, -0.05) is 47.9 Å². The normalized spacial score (nSPS) is 15.1. The second-order valence-corrected chi connectivity index (χ2v) is 5.78. The molecule has 2 aromatic rings. The molecular weight excluding hydrogens is 256 g/mol. The van der Waals surface area contributed by atoms with E-state index >= 15 is 0 Å². The largest absolute Gasteiger partial charge is 0.249 e. The van der Waals surface area contributed by atoms with E-state index in [2.05, 4.69) is 31.2 Å². The number of rotatable bonds is 2. The zero-order valence-electron chi connectivity index (χ0n) is 11.3. The van der Waals surface area contributed by atoms with Gasteiger partial charge in [-0.05, 0) is 38.2 Å². The first kappa shape index (κ1) is 12.7. The maximum absolute atomic E-state index is 6.50. The molecule has 0 bridgehead atoms. The summed E-state index contributed by atoms with van der Waals surface area (Å²) in [6.07, 6.45) is 5.94. The van der Waals surface area contributed by atoms with E-state index < -0.39 is 0 Å². The minimum atomic E-state index is 0.770. The number of aryl methyl sites for hydroxylation is 2. The smallest absolute Gasteiger partial charge is 0.130 e. The Hall–Kier alpha value is -1.28. The molecule has 0 amide bonds. The average Bonchev–Trinajstić information content (AvgIpc) is 2.60. The highest BCUT2D eigenvalue weighted by molar-refractivity contribution is 6.30. The number of fused-ring (bicyclic) bond motifs is 1. The molecule has 1 aromatic heterocycles. The zero-order chi connectivity index (χ0) is 13.2. The summed E-state index contributed by atoms with van der Waals surface area (Å²) >= 11 is 6.50. The van der Waals surface area contributed by atoms with Gasteiger partial charge in [-0.3, -0.25) is 0 Å². The summed E-state index contributed by atoms with van der Waals surface area (Å²) in [5.41, 5.74) is 5.04. The van der Waals surface area contributed by atoms with Gasteiger partial charge in [-0.25, -0.2) is 4.68 Å². The molecule has 3 heteroatoms. The van der Waals surface area contributed by atoms with E-state index in [0.29, 0.717) is 0 Å². The molecule has 0 unspecified atom stereocenters. The van der Waals surface area contributed by atoms with Crippen LogP contribution in [0.2, 0.25) is 5.15 Å². The van der Waals surface area contributed by atoms with Gasteiger partial charge in [0.2, 0.25) is 0 Å². The quantitative estimate of drug-likeness (QED) is 0.752. The summed E-state index contributed by atoms with van der Waals surface area (Å²) in [4.78, 5) is 0. The minimum Gasteiger partial charge on any atom is -0.249 e. The van der Waals surface area contributed by atoms with Crippen molar-refractivity contribution in [3.8, 4) is 0 Å². The van der Waals surface area contributed by atoms with E-state index in [1.54, 1.807) is 0 Å². The summed E-state index contributed by atoms with van der Waals surface area (Å²) in [5.74, 6) is 0. The van der Waals surface area contributed by atoms with Crippen LogP contribution in [0.15, 0.2) is 24.3 Å². The van der Waals surface area contributed by atoms with Crippen LogP contribution in [0.25, 0.3) is 0 Å². The Morgan fingerprint density at radius 2 is 1.84 bits per heavy atom. The van der Waals surface area contributed by atoms with E-state index in [1.165, 1.54) is 41.6 Å². The average molecular weight is 275 g/mol. The van der Waals surface area contributed by atoms with Gasteiger partial charge in [-0.2, -0.15) is 5.10 Å². The first-order chi connectivity index (χ1) is 9.24. The number of hydrogen-bond acceptors (Lipinski definition) is 1. The van der Waals surface area contributed by atoms with Crippen molar-refractivity contribution >= 4 is 11.6 Å². The SMILES string of the molecule is Cc1ccc(Cn2nc3c(c2Cl)CCCCC3)cc1. The van der Waals surface area contributed by atoms with Crippen molar-refractivity contribution in [1.29, 1.82) is 0 Å². The highest BCUT2D eigenvalue weighted by atomic mass is 35.5. The summed E-state index contributed by atoms with van der Waals surface area (Å²) in [6, 6.07) is 8.58. The molecule has 0 atom stereocenters. The van der Waals surface area contributed by atoms with E-state index in [1.807, 2.05) is 4.68 Å². The fourth-order valence-electron chi connectivity index (χ4n) is 2.72. The molecule has 1 aliphatic rings. The Bertz CT molecular complexity index is 569. The van der Waals surface area contributed by atoms with Crippen LogP contribution in [-0.2, 0) is 19.4 Å². The topological polar surface area (TPSA) is 17.8 Å². The highest BCUT2D eigenvalue weighted by Crippen LogP contribution is 2.27. The molecular formula is C16H19ClN2. The first-order valence-corrected chi connectivity index (χ1v) is 7.41. The second kappa shape index (κ2) is 5.38. The van der Waals surface area contributed by atoms with Crippen LogP contribution < -0.4 is 0 Å². The first-order valence-electron chi connectivity index (χ1n) is 7.03. The minimum absolute atomic E-state index is 0.770. The third-order valence-electron chi connectivity index (χ3n) is 3.86. The van der Waals surface area contributed by atoms with Crippen LogP contribution in [0, 0.1) is 6.92 Å². The van der Waals surface area contributed by atoms with Crippen molar-refractivity contribution < 1.29 is 0 Å². The van der Waals surface area contributed by atoms with Gasteiger partial charge in [-0.15, -0.1) is 0 Å². The number of hydrogen-bond donors (Lipinski definition) is 0. The number of halogens is 1. The van der Waals surface area contributed by atoms with Gasteiger partial charge >= 0.3 is 0 Å². The monoisotopic (exact) mass is 274 g/mol. The van der Waals surface area contributed by atoms with E-state index in [-0.39, 0.29) is 0 Å². The Morgan fingerprint density at radius 1 is 1.11 bits per heavy atom. The van der Waals surface area contributed by atoms with Crippen molar-refractivity contribution in [2.45, 2.75) is 45.6 Å². The van der Waals surface area contributed by atoms with Crippen LogP contribution in [0.4, 0.5) is 0 Å². The second-order valence-electron chi connectivity index (χ2n) is 5.42. The van der Waals surface area contributed by atoms with Crippen molar-refractivity contribution in [2.75, 3.05) is 0 Å². The molecule has 0 spiro atoms. The molecule has 19 heavy (non-hydrogen) atoms. The van der Waals surface area contributed by atoms with Crippen LogP contribution in [0.5, 0.6) is 0 Å². The maximum Gasteiger partial charge on any atom is 0.130 e. The third kappa shape index (κ3) is 2.69. The van der Waals surface area contributed by atoms with Crippen LogP contribution >= 0.6 is 11.6 Å². The summed E-state index contributed by atoms with van der Waals surface area (Å²) < 4.78 is 1.96. The summed E-state index contributed by atoms with van der Waals surface area (Å²) in [5, 5.41) is 5.56. The van der Waals surface area contributed by atoms with Crippen LogP contribution in [-0.4, -0.2) is 9.78 Å². The molecule has 2 nitrogen and oxygen atoms in total. The Morgan fingerprint density at radius 3 is 2.63 bits per heavy atom. The van der Waals surface area contributed by atoms with Crippen molar-refractivity contribution in [1.82, 2.24) is 9.78 Å². The lowest BCUT2D eigenvalue weighted by molar-refractivity contribution is 0.647. The van der Waals surface area contributed by atoms with Crippen molar-refractivity contribution in [3.05, 3.63) is 51.8 Å². The molecule has 1 heterocycles. The summed E-state index contributed by atoms with van der Waals surface area (Å²) in [6.45, 7) is 2.87. The van der Waals surface area contributed by atoms with Crippen molar-refractivity contribution in [3.63, 3.8) is 0 Å². The maximum atomic E-state index is 6.50. The predicted octanol–water partition coefficient (Wildman–Crippen LogP) is 4.16. The summed E-state index contributed by atoms with van der Waals surface area (Å²) in [7, 11) is 0. The van der Waals surface area contributed by atoms with Crippen LogP contribution in [0.1, 0.15) is 41.6 Å². The van der Waals surface area contributed by atoms with Crippen molar-refractivity contribution in [2.24, 2.45) is 0 Å². The van der Waals surface area contributed by atoms with Crippen LogP contribution in [0.3, 0.4) is 0 Å². The zero-order valence-corrected chi connectivity index (χ0v) is 12.1.